The van der Waals surface area contributed by atoms with Gasteiger partial charge in [0.1, 0.15) is 5.82 Å². The van der Waals surface area contributed by atoms with Crippen LogP contribution in [-0.2, 0) is 6.42 Å². The summed E-state index contributed by atoms with van der Waals surface area (Å²) in [4.78, 5) is 22.1. The van der Waals surface area contributed by atoms with Crippen molar-refractivity contribution in [3.63, 3.8) is 0 Å². The van der Waals surface area contributed by atoms with Gasteiger partial charge in [-0.2, -0.15) is 0 Å². The zero-order valence-corrected chi connectivity index (χ0v) is 15.6. The molecule has 0 N–H and O–H groups in total. The minimum Gasteiger partial charge on any atom is -0.356 e. The Morgan fingerprint density at radius 3 is 2.54 bits per heavy atom. The average molecular weight is 379 g/mol. The Labute approximate surface area is 162 Å². The highest BCUT2D eigenvalue weighted by molar-refractivity contribution is 5.60. The molecule has 0 atom stereocenters. The Balaban J connectivity index is 1.56. The van der Waals surface area contributed by atoms with Gasteiger partial charge in [0.2, 0.25) is 0 Å². The highest BCUT2D eigenvalue weighted by Crippen LogP contribution is 2.27. The van der Waals surface area contributed by atoms with E-state index in [0.29, 0.717) is 11.9 Å². The van der Waals surface area contributed by atoms with E-state index in [1.54, 1.807) is 18.3 Å². The minimum absolute atomic E-state index is 0.0609. The number of aromatic nitrogens is 5. The third-order valence-electron chi connectivity index (χ3n) is 5.07. The van der Waals surface area contributed by atoms with Crippen LogP contribution in [0.5, 0.6) is 0 Å². The van der Waals surface area contributed by atoms with E-state index in [-0.39, 0.29) is 5.69 Å². The normalized spacial score (nSPS) is 15.0. The number of nitro benzene ring substituents is 1. The molecule has 0 aliphatic carbocycles. The van der Waals surface area contributed by atoms with Gasteiger partial charge in [-0.1, -0.05) is 12.1 Å². The van der Waals surface area contributed by atoms with E-state index >= 15 is 0 Å². The molecule has 0 saturated carbocycles. The highest BCUT2D eigenvalue weighted by Gasteiger charge is 2.23. The molecule has 1 aliphatic rings. The van der Waals surface area contributed by atoms with E-state index in [1.807, 2.05) is 16.9 Å². The standard InChI is InChI=1S/C19H21N7O2/c1-2-15-13-18(24-10-7-16(8-11-24)25-12-9-20-23-25)22-19(21-15)14-3-5-17(6-4-14)26(27)28/h3-6,9,12-13,16H,2,7-8,10-11H2,1H3. The number of nitrogens with zero attached hydrogens (tertiary/aromatic N) is 7. The molecule has 0 radical (unpaired) electrons. The molecule has 1 aliphatic heterocycles. The molecule has 0 spiro atoms. The predicted octanol–water partition coefficient (Wildman–Crippen LogP) is 3.05. The zero-order valence-electron chi connectivity index (χ0n) is 15.6. The number of anilines is 1. The Bertz CT molecular complexity index is 949. The molecule has 28 heavy (non-hydrogen) atoms. The number of hydrogen-bond acceptors (Lipinski definition) is 7. The lowest BCUT2D eigenvalue weighted by atomic mass is 10.1. The largest absolute Gasteiger partial charge is 0.356 e. The molecule has 3 heterocycles. The third kappa shape index (κ3) is 3.68. The molecule has 2 aromatic heterocycles. The molecule has 1 aromatic carbocycles. The SMILES string of the molecule is CCc1cc(N2CCC(n3ccnn3)CC2)nc(-c2ccc([N+](=O)[O-])cc2)n1. The number of benzene rings is 1. The third-order valence-corrected chi connectivity index (χ3v) is 5.07. The van der Waals surface area contributed by atoms with E-state index < -0.39 is 4.92 Å². The van der Waals surface area contributed by atoms with Crippen molar-refractivity contribution in [1.29, 1.82) is 0 Å². The van der Waals surface area contributed by atoms with Crippen LogP contribution in [0.15, 0.2) is 42.7 Å². The Hall–Kier alpha value is -3.36. The van der Waals surface area contributed by atoms with Gasteiger partial charge in [-0.15, -0.1) is 5.10 Å². The van der Waals surface area contributed by atoms with Crippen molar-refractivity contribution >= 4 is 11.5 Å². The topological polar surface area (TPSA) is 103 Å². The van der Waals surface area contributed by atoms with Crippen LogP contribution in [-0.4, -0.2) is 43.0 Å². The van der Waals surface area contributed by atoms with E-state index in [4.69, 9.17) is 4.98 Å². The molecule has 9 nitrogen and oxygen atoms in total. The maximum absolute atomic E-state index is 10.9. The van der Waals surface area contributed by atoms with Crippen LogP contribution in [0, 0.1) is 10.1 Å². The molecule has 0 unspecified atom stereocenters. The van der Waals surface area contributed by atoms with Gasteiger partial charge in [0.15, 0.2) is 5.82 Å². The summed E-state index contributed by atoms with van der Waals surface area (Å²) < 4.78 is 1.93. The lowest BCUT2D eigenvalue weighted by Crippen LogP contribution is -2.35. The molecule has 1 fully saturated rings. The van der Waals surface area contributed by atoms with Gasteiger partial charge in [0, 0.05) is 48.7 Å². The molecule has 1 saturated heterocycles. The molecule has 0 amide bonds. The van der Waals surface area contributed by atoms with E-state index in [1.165, 1.54) is 12.1 Å². The Morgan fingerprint density at radius 1 is 1.18 bits per heavy atom. The van der Waals surface area contributed by atoms with Crippen LogP contribution in [0.4, 0.5) is 11.5 Å². The monoisotopic (exact) mass is 379 g/mol. The lowest BCUT2D eigenvalue weighted by Gasteiger charge is -2.32. The predicted molar refractivity (Wildman–Crippen MR) is 104 cm³/mol. The molecule has 3 aromatic rings. The number of piperidine rings is 1. The fourth-order valence-corrected chi connectivity index (χ4v) is 3.46. The summed E-state index contributed by atoms with van der Waals surface area (Å²) in [7, 11) is 0. The quantitative estimate of drug-likeness (QED) is 0.496. The average Bonchev–Trinajstić information content (AvgIpc) is 3.28. The first-order valence-electron chi connectivity index (χ1n) is 9.37. The van der Waals surface area contributed by atoms with Gasteiger partial charge < -0.3 is 4.90 Å². The van der Waals surface area contributed by atoms with Crippen LogP contribution < -0.4 is 4.90 Å². The molecular weight excluding hydrogens is 358 g/mol. The van der Waals surface area contributed by atoms with Crippen LogP contribution in [0.25, 0.3) is 11.4 Å². The number of hydrogen-bond donors (Lipinski definition) is 0. The van der Waals surface area contributed by atoms with Gasteiger partial charge in [-0.05, 0) is 31.4 Å². The van der Waals surface area contributed by atoms with Crippen LogP contribution >= 0.6 is 0 Å². The first kappa shape index (κ1) is 18.0. The van der Waals surface area contributed by atoms with Crippen LogP contribution in [0.3, 0.4) is 0 Å². The first-order chi connectivity index (χ1) is 13.6. The number of non-ortho nitro benzene ring substituents is 1. The Kier molecular flexibility index (Phi) is 4.96. The summed E-state index contributed by atoms with van der Waals surface area (Å²) in [5.74, 6) is 1.50. The lowest BCUT2D eigenvalue weighted by molar-refractivity contribution is -0.384. The number of rotatable bonds is 5. The van der Waals surface area contributed by atoms with Crippen molar-refractivity contribution in [2.24, 2.45) is 0 Å². The van der Waals surface area contributed by atoms with Crippen molar-refractivity contribution in [1.82, 2.24) is 25.0 Å². The minimum atomic E-state index is -0.405. The summed E-state index contributed by atoms with van der Waals surface area (Å²) in [6.45, 7) is 3.82. The van der Waals surface area contributed by atoms with E-state index in [2.05, 4.69) is 27.1 Å². The van der Waals surface area contributed by atoms with E-state index in [0.717, 1.165) is 49.4 Å². The maximum Gasteiger partial charge on any atom is 0.269 e. The van der Waals surface area contributed by atoms with Crippen molar-refractivity contribution in [2.75, 3.05) is 18.0 Å². The van der Waals surface area contributed by atoms with Crippen molar-refractivity contribution in [2.45, 2.75) is 32.2 Å². The van der Waals surface area contributed by atoms with E-state index in [9.17, 15) is 10.1 Å². The van der Waals surface area contributed by atoms with Gasteiger partial charge in [-0.3, -0.25) is 10.1 Å². The second-order valence-electron chi connectivity index (χ2n) is 6.80. The van der Waals surface area contributed by atoms with Crippen molar-refractivity contribution in [3.8, 4) is 11.4 Å². The van der Waals surface area contributed by atoms with Crippen LogP contribution in [0.2, 0.25) is 0 Å². The fourth-order valence-electron chi connectivity index (χ4n) is 3.46. The molecule has 144 valence electrons. The molecule has 9 heteroatoms. The highest BCUT2D eigenvalue weighted by atomic mass is 16.6. The van der Waals surface area contributed by atoms with Gasteiger partial charge >= 0.3 is 0 Å². The summed E-state index contributed by atoms with van der Waals surface area (Å²) in [6, 6.07) is 8.77. The number of aryl methyl sites for hydroxylation is 1. The second kappa shape index (κ2) is 7.71. The summed E-state index contributed by atoms with van der Waals surface area (Å²) in [5, 5.41) is 18.9. The van der Waals surface area contributed by atoms with Crippen molar-refractivity contribution in [3.05, 3.63) is 58.5 Å². The molecule has 0 bridgehead atoms. The molecular formula is C19H21N7O2. The fraction of sp³-hybridized carbons (Fsp3) is 0.368. The molecule has 4 rings (SSSR count). The smallest absolute Gasteiger partial charge is 0.269 e. The van der Waals surface area contributed by atoms with Gasteiger partial charge in [-0.25, -0.2) is 14.6 Å². The summed E-state index contributed by atoms with van der Waals surface area (Å²) >= 11 is 0. The van der Waals surface area contributed by atoms with Gasteiger partial charge in [0.05, 0.1) is 17.2 Å². The number of nitro groups is 1. The van der Waals surface area contributed by atoms with Crippen LogP contribution in [0.1, 0.15) is 31.5 Å². The van der Waals surface area contributed by atoms with Gasteiger partial charge in [0.25, 0.3) is 5.69 Å². The second-order valence-corrected chi connectivity index (χ2v) is 6.80. The summed E-state index contributed by atoms with van der Waals surface area (Å²) in [6.07, 6.45) is 6.36. The van der Waals surface area contributed by atoms with Crippen molar-refractivity contribution < 1.29 is 4.92 Å². The maximum atomic E-state index is 10.9. The summed E-state index contributed by atoms with van der Waals surface area (Å²) in [5.41, 5.74) is 1.79. The first-order valence-corrected chi connectivity index (χ1v) is 9.37. The Morgan fingerprint density at radius 2 is 1.93 bits per heavy atom. The zero-order chi connectivity index (χ0) is 19.5.